The summed E-state index contributed by atoms with van der Waals surface area (Å²) in [5.41, 5.74) is -0.282. The number of carboxylic acids is 1. The van der Waals surface area contributed by atoms with Crippen molar-refractivity contribution in [3.63, 3.8) is 0 Å². The molecular weight excluding hydrogens is 323 g/mol. The molecule has 1 fully saturated rings. The van der Waals surface area contributed by atoms with Crippen LogP contribution in [0.2, 0.25) is 0 Å². The molecule has 1 amide bonds. The number of aliphatic carboxylic acids is 1. The highest BCUT2D eigenvalue weighted by Crippen LogP contribution is 2.48. The first-order valence-electron chi connectivity index (χ1n) is 7.80. The highest BCUT2D eigenvalue weighted by Gasteiger charge is 2.45. The summed E-state index contributed by atoms with van der Waals surface area (Å²) in [6.07, 6.45) is -3.68. The van der Waals surface area contributed by atoms with E-state index in [2.05, 4.69) is 5.32 Å². The average molecular weight is 343 g/mol. The molecule has 1 aliphatic carbocycles. The van der Waals surface area contributed by atoms with E-state index in [-0.39, 0.29) is 11.8 Å². The van der Waals surface area contributed by atoms with Crippen LogP contribution in [0.25, 0.3) is 0 Å². The Balaban J connectivity index is 2.02. The molecule has 0 heterocycles. The lowest BCUT2D eigenvalue weighted by atomic mass is 10.0. The highest BCUT2D eigenvalue weighted by molar-refractivity contribution is 5.87. The van der Waals surface area contributed by atoms with Crippen molar-refractivity contribution in [1.82, 2.24) is 5.32 Å². The van der Waals surface area contributed by atoms with E-state index in [1.54, 1.807) is 6.07 Å². The van der Waals surface area contributed by atoms with Crippen molar-refractivity contribution in [3.8, 4) is 0 Å². The topological polar surface area (TPSA) is 66.4 Å². The van der Waals surface area contributed by atoms with E-state index in [1.165, 1.54) is 6.07 Å². The number of benzene rings is 1. The Morgan fingerprint density at radius 2 is 2.00 bits per heavy atom. The van der Waals surface area contributed by atoms with E-state index in [9.17, 15) is 22.8 Å². The maximum absolute atomic E-state index is 12.7. The minimum atomic E-state index is -4.42. The van der Waals surface area contributed by atoms with Gasteiger partial charge in [-0.1, -0.05) is 32.0 Å². The van der Waals surface area contributed by atoms with Crippen molar-refractivity contribution < 1.29 is 27.9 Å². The minimum absolute atomic E-state index is 0.102. The van der Waals surface area contributed by atoms with Gasteiger partial charge in [-0.05, 0) is 36.3 Å². The van der Waals surface area contributed by atoms with E-state index in [0.717, 1.165) is 12.1 Å². The molecule has 7 heteroatoms. The van der Waals surface area contributed by atoms with Crippen LogP contribution in [0, 0.1) is 11.8 Å². The van der Waals surface area contributed by atoms with Gasteiger partial charge in [0.05, 0.1) is 5.56 Å². The highest BCUT2D eigenvalue weighted by atomic mass is 19.4. The van der Waals surface area contributed by atoms with Gasteiger partial charge >= 0.3 is 12.1 Å². The van der Waals surface area contributed by atoms with Crippen LogP contribution >= 0.6 is 0 Å². The fourth-order valence-corrected chi connectivity index (χ4v) is 2.77. The predicted octanol–water partition coefficient (Wildman–Crippen LogP) is 3.42. The summed E-state index contributed by atoms with van der Waals surface area (Å²) < 4.78 is 38.2. The van der Waals surface area contributed by atoms with Gasteiger partial charge in [-0.25, -0.2) is 4.79 Å². The Hall–Kier alpha value is -2.05. The molecule has 3 unspecified atom stereocenters. The first kappa shape index (κ1) is 18.3. The molecule has 1 saturated carbocycles. The summed E-state index contributed by atoms with van der Waals surface area (Å²) in [6, 6.07) is 3.96. The normalized spacial score (nSPS) is 21.4. The van der Waals surface area contributed by atoms with Crippen LogP contribution in [0.1, 0.15) is 43.7 Å². The molecule has 24 heavy (non-hydrogen) atoms. The van der Waals surface area contributed by atoms with Crippen LogP contribution in [0.5, 0.6) is 0 Å². The standard InChI is InChI=1S/C17H20F3NO3/c1-9(2)6-14(16(23)24)21-15(22)13-8-12(13)10-4-3-5-11(7-10)17(18,19)20/h3-5,7,9,12-14H,6,8H2,1-2H3,(H,21,22)(H,23,24). The van der Waals surface area contributed by atoms with Crippen molar-refractivity contribution >= 4 is 11.9 Å². The zero-order valence-corrected chi connectivity index (χ0v) is 13.4. The minimum Gasteiger partial charge on any atom is -0.480 e. The molecule has 3 atom stereocenters. The fourth-order valence-electron chi connectivity index (χ4n) is 2.77. The van der Waals surface area contributed by atoms with Crippen molar-refractivity contribution in [1.29, 1.82) is 0 Å². The predicted molar refractivity (Wildman–Crippen MR) is 81.3 cm³/mol. The number of rotatable bonds is 6. The second-order valence-corrected chi connectivity index (χ2v) is 6.60. The summed E-state index contributed by atoms with van der Waals surface area (Å²) in [7, 11) is 0. The lowest BCUT2D eigenvalue weighted by Gasteiger charge is -2.16. The van der Waals surface area contributed by atoms with Gasteiger partial charge in [0.2, 0.25) is 5.91 Å². The van der Waals surface area contributed by atoms with Gasteiger partial charge in [0, 0.05) is 5.92 Å². The molecular formula is C17H20F3NO3. The molecule has 0 spiro atoms. The van der Waals surface area contributed by atoms with Crippen molar-refractivity contribution in [2.45, 2.75) is 44.8 Å². The number of alkyl halides is 3. The van der Waals surface area contributed by atoms with Gasteiger partial charge in [0.15, 0.2) is 0 Å². The summed E-state index contributed by atoms with van der Waals surface area (Å²) in [5, 5.41) is 11.6. The number of carbonyl (C=O) groups is 2. The van der Waals surface area contributed by atoms with Crippen LogP contribution in [0.4, 0.5) is 13.2 Å². The Kier molecular flexibility index (Phi) is 5.20. The second-order valence-electron chi connectivity index (χ2n) is 6.60. The van der Waals surface area contributed by atoms with E-state index in [0.29, 0.717) is 18.4 Å². The number of hydrogen-bond donors (Lipinski definition) is 2. The third kappa shape index (κ3) is 4.49. The van der Waals surface area contributed by atoms with Crippen LogP contribution < -0.4 is 5.32 Å². The summed E-state index contributed by atoms with van der Waals surface area (Å²) in [4.78, 5) is 23.4. The SMILES string of the molecule is CC(C)CC(NC(=O)C1CC1c1cccc(C(F)(F)F)c1)C(=O)O. The molecule has 0 aromatic heterocycles. The fraction of sp³-hybridized carbons (Fsp3) is 0.529. The molecule has 1 aliphatic rings. The van der Waals surface area contributed by atoms with Gasteiger partial charge in [0.25, 0.3) is 0 Å². The van der Waals surface area contributed by atoms with Gasteiger partial charge in [-0.2, -0.15) is 13.2 Å². The van der Waals surface area contributed by atoms with Gasteiger partial charge in [-0.15, -0.1) is 0 Å². The summed E-state index contributed by atoms with van der Waals surface area (Å²) in [5.74, 6) is -2.17. The molecule has 1 aromatic rings. The van der Waals surface area contributed by atoms with E-state index < -0.39 is 35.6 Å². The van der Waals surface area contributed by atoms with Gasteiger partial charge < -0.3 is 10.4 Å². The molecule has 2 rings (SSSR count). The van der Waals surface area contributed by atoms with Crippen molar-refractivity contribution in [3.05, 3.63) is 35.4 Å². The van der Waals surface area contributed by atoms with Crippen LogP contribution in [0.3, 0.4) is 0 Å². The van der Waals surface area contributed by atoms with E-state index >= 15 is 0 Å². The molecule has 0 saturated heterocycles. The largest absolute Gasteiger partial charge is 0.480 e. The molecule has 132 valence electrons. The number of hydrogen-bond acceptors (Lipinski definition) is 2. The first-order valence-corrected chi connectivity index (χ1v) is 7.80. The lowest BCUT2D eigenvalue weighted by molar-refractivity contribution is -0.142. The number of halogens is 3. The van der Waals surface area contributed by atoms with Crippen LogP contribution in [-0.4, -0.2) is 23.0 Å². The maximum Gasteiger partial charge on any atom is 0.416 e. The molecule has 4 nitrogen and oxygen atoms in total. The number of carbonyl (C=O) groups excluding carboxylic acids is 1. The van der Waals surface area contributed by atoms with Crippen LogP contribution in [0.15, 0.2) is 24.3 Å². The first-order chi connectivity index (χ1) is 11.1. The Morgan fingerprint density at radius 1 is 1.33 bits per heavy atom. The number of carboxylic acid groups (broad SMARTS) is 1. The molecule has 0 radical (unpaired) electrons. The molecule has 1 aromatic carbocycles. The van der Waals surface area contributed by atoms with Gasteiger partial charge in [0.1, 0.15) is 6.04 Å². The monoisotopic (exact) mass is 343 g/mol. The van der Waals surface area contributed by atoms with E-state index in [1.807, 2.05) is 13.8 Å². The number of nitrogens with one attached hydrogen (secondary N) is 1. The number of amides is 1. The summed E-state index contributed by atoms with van der Waals surface area (Å²) >= 11 is 0. The Labute approximate surface area is 138 Å². The third-order valence-corrected chi connectivity index (χ3v) is 4.09. The zero-order valence-electron chi connectivity index (χ0n) is 13.4. The molecule has 0 aliphatic heterocycles. The Morgan fingerprint density at radius 3 is 2.54 bits per heavy atom. The quantitative estimate of drug-likeness (QED) is 0.832. The van der Waals surface area contributed by atoms with Crippen LogP contribution in [-0.2, 0) is 15.8 Å². The third-order valence-electron chi connectivity index (χ3n) is 4.09. The van der Waals surface area contributed by atoms with Gasteiger partial charge in [-0.3, -0.25) is 4.79 Å². The zero-order chi connectivity index (χ0) is 18.1. The maximum atomic E-state index is 12.7. The van der Waals surface area contributed by atoms with Crippen molar-refractivity contribution in [2.24, 2.45) is 11.8 Å². The lowest BCUT2D eigenvalue weighted by Crippen LogP contribution is -2.42. The molecule has 0 bridgehead atoms. The van der Waals surface area contributed by atoms with E-state index in [4.69, 9.17) is 5.11 Å². The average Bonchev–Trinajstić information content (AvgIpc) is 3.25. The van der Waals surface area contributed by atoms with Crippen molar-refractivity contribution in [2.75, 3.05) is 0 Å². The summed E-state index contributed by atoms with van der Waals surface area (Å²) in [6.45, 7) is 3.70. The smallest absolute Gasteiger partial charge is 0.416 e. The Bertz CT molecular complexity index is 628. The molecule has 2 N–H and O–H groups in total. The second kappa shape index (κ2) is 6.83.